The van der Waals surface area contributed by atoms with E-state index in [4.69, 9.17) is 11.6 Å². The van der Waals surface area contributed by atoms with Gasteiger partial charge in [0.05, 0.1) is 17.1 Å². The summed E-state index contributed by atoms with van der Waals surface area (Å²) in [5.74, 6) is -1.40. The Labute approximate surface area is 226 Å². The fourth-order valence-corrected chi connectivity index (χ4v) is 4.89. The van der Waals surface area contributed by atoms with Crippen molar-refractivity contribution in [2.45, 2.75) is 26.4 Å². The first-order valence-corrected chi connectivity index (χ1v) is 12.7. The highest BCUT2D eigenvalue weighted by atomic mass is 35.5. The highest BCUT2D eigenvalue weighted by Gasteiger charge is 2.31. The SMILES string of the molecule is C=C(CN(C)Cc1ncccn1)N=C1C(F)=C(c2c(O)cccc2F)C(Cl)=C/C1=C(/C)N1CCNC(C)C1. The van der Waals surface area contributed by atoms with Gasteiger partial charge in [-0.3, -0.25) is 4.90 Å². The van der Waals surface area contributed by atoms with Crippen molar-refractivity contribution in [1.29, 1.82) is 0 Å². The van der Waals surface area contributed by atoms with Gasteiger partial charge in [0.1, 0.15) is 23.1 Å². The number of piperazine rings is 1. The number of phenols is 1. The van der Waals surface area contributed by atoms with Gasteiger partial charge in [0, 0.05) is 67.2 Å². The molecule has 0 spiro atoms. The van der Waals surface area contributed by atoms with Crippen molar-refractivity contribution in [3.8, 4) is 5.75 Å². The van der Waals surface area contributed by atoms with Crippen LogP contribution in [0.15, 0.2) is 82.1 Å². The van der Waals surface area contributed by atoms with Crippen LogP contribution in [0.1, 0.15) is 25.2 Å². The van der Waals surface area contributed by atoms with E-state index in [1.165, 1.54) is 12.1 Å². The number of benzene rings is 1. The van der Waals surface area contributed by atoms with Gasteiger partial charge in [0.15, 0.2) is 5.83 Å². The molecule has 2 aliphatic rings. The number of hydrogen-bond donors (Lipinski definition) is 2. The van der Waals surface area contributed by atoms with E-state index in [-0.39, 0.29) is 27.9 Å². The second-order valence-electron chi connectivity index (χ2n) is 9.48. The number of aromatic nitrogens is 2. The summed E-state index contributed by atoms with van der Waals surface area (Å²) >= 11 is 6.56. The van der Waals surface area contributed by atoms with Crippen LogP contribution >= 0.6 is 11.6 Å². The molecule has 7 nitrogen and oxygen atoms in total. The average Bonchev–Trinajstić information content (AvgIpc) is 2.87. The standard InChI is InChI=1S/C28H31ClF2N6O/c1-17-15-37(12-11-32-17)19(3)20-13-21(29)25(26-22(30)7-5-8-23(26)38)27(31)28(20)35-18(2)14-36(4)16-24-33-9-6-10-34-24/h5-10,13,17,32,38H,2,11-12,14-16H2,1,3-4H3/b20-19+,35-28?. The van der Waals surface area contributed by atoms with Crippen molar-refractivity contribution in [2.75, 3.05) is 33.2 Å². The minimum Gasteiger partial charge on any atom is -0.507 e. The van der Waals surface area contributed by atoms with Gasteiger partial charge in [-0.2, -0.15) is 0 Å². The van der Waals surface area contributed by atoms with E-state index < -0.39 is 17.4 Å². The van der Waals surface area contributed by atoms with Crippen molar-refractivity contribution >= 4 is 22.9 Å². The molecule has 2 N–H and O–H groups in total. The topological polar surface area (TPSA) is 76.9 Å². The van der Waals surface area contributed by atoms with Crippen molar-refractivity contribution < 1.29 is 13.9 Å². The second kappa shape index (κ2) is 12.0. The lowest BCUT2D eigenvalue weighted by atomic mass is 9.91. The number of aliphatic imine (C=N–C) groups is 1. The Morgan fingerprint density at radius 1 is 1.29 bits per heavy atom. The Morgan fingerprint density at radius 2 is 2.03 bits per heavy atom. The first-order chi connectivity index (χ1) is 18.2. The molecule has 1 unspecified atom stereocenters. The van der Waals surface area contributed by atoms with Gasteiger partial charge in [-0.15, -0.1) is 0 Å². The number of rotatable bonds is 7. The molecule has 1 aliphatic carbocycles. The van der Waals surface area contributed by atoms with E-state index in [0.29, 0.717) is 30.2 Å². The van der Waals surface area contributed by atoms with Gasteiger partial charge in [-0.1, -0.05) is 24.2 Å². The van der Waals surface area contributed by atoms with Gasteiger partial charge in [-0.25, -0.2) is 23.7 Å². The molecular weight excluding hydrogens is 510 g/mol. The second-order valence-corrected chi connectivity index (χ2v) is 9.89. The van der Waals surface area contributed by atoms with E-state index in [2.05, 4.69) is 38.7 Å². The van der Waals surface area contributed by atoms with E-state index in [1.54, 1.807) is 24.5 Å². The summed E-state index contributed by atoms with van der Waals surface area (Å²) in [4.78, 5) is 17.1. The van der Waals surface area contributed by atoms with Crippen LogP contribution in [0.5, 0.6) is 5.75 Å². The number of aromatic hydroxyl groups is 1. The summed E-state index contributed by atoms with van der Waals surface area (Å²) in [5, 5.41) is 13.8. The number of likely N-dealkylation sites (N-methyl/N-ethyl adjacent to an activating group) is 1. The molecule has 38 heavy (non-hydrogen) atoms. The molecule has 1 fully saturated rings. The zero-order valence-corrected chi connectivity index (χ0v) is 22.4. The van der Waals surface area contributed by atoms with Crippen LogP contribution in [0.4, 0.5) is 8.78 Å². The van der Waals surface area contributed by atoms with E-state index in [1.807, 2.05) is 18.9 Å². The summed E-state index contributed by atoms with van der Waals surface area (Å²) < 4.78 is 31.1. The highest BCUT2D eigenvalue weighted by Crippen LogP contribution is 2.42. The molecule has 200 valence electrons. The van der Waals surface area contributed by atoms with E-state index >= 15 is 4.39 Å². The molecular formula is C28H31ClF2N6O. The van der Waals surface area contributed by atoms with Crippen molar-refractivity contribution in [2.24, 2.45) is 4.99 Å². The van der Waals surface area contributed by atoms with Crippen LogP contribution in [0.25, 0.3) is 5.57 Å². The van der Waals surface area contributed by atoms with Gasteiger partial charge in [0.2, 0.25) is 0 Å². The summed E-state index contributed by atoms with van der Waals surface area (Å²) in [7, 11) is 1.86. The quantitative estimate of drug-likeness (QED) is 0.526. The van der Waals surface area contributed by atoms with Crippen molar-refractivity contribution in [3.05, 3.63) is 94.3 Å². The Kier molecular flexibility index (Phi) is 8.71. The molecule has 0 bridgehead atoms. The zero-order valence-electron chi connectivity index (χ0n) is 21.7. The van der Waals surface area contributed by atoms with Crippen LogP contribution < -0.4 is 5.32 Å². The maximum atomic E-state index is 16.3. The number of allylic oxidation sites excluding steroid dienone is 6. The Balaban J connectivity index is 1.75. The fraction of sp³-hybridized carbons (Fsp3) is 0.321. The third-order valence-electron chi connectivity index (χ3n) is 6.42. The molecule has 1 aliphatic heterocycles. The minimum atomic E-state index is -0.828. The summed E-state index contributed by atoms with van der Waals surface area (Å²) in [6.45, 7) is 11.0. The Bertz CT molecular complexity index is 1320. The minimum absolute atomic E-state index is 0.00917. The summed E-state index contributed by atoms with van der Waals surface area (Å²) in [6.07, 6.45) is 4.92. The average molecular weight is 541 g/mol. The van der Waals surface area contributed by atoms with Gasteiger partial charge >= 0.3 is 0 Å². The molecule has 1 aromatic carbocycles. The molecule has 2 heterocycles. The molecule has 2 aromatic rings. The highest BCUT2D eigenvalue weighted by molar-refractivity contribution is 6.41. The van der Waals surface area contributed by atoms with Crippen molar-refractivity contribution in [3.63, 3.8) is 0 Å². The number of halogens is 3. The summed E-state index contributed by atoms with van der Waals surface area (Å²) in [5.41, 5.74) is 1.10. The maximum Gasteiger partial charge on any atom is 0.159 e. The first kappa shape index (κ1) is 27.6. The summed E-state index contributed by atoms with van der Waals surface area (Å²) in [6, 6.07) is 5.77. The van der Waals surface area contributed by atoms with Gasteiger partial charge in [-0.05, 0) is 45.2 Å². The zero-order chi connectivity index (χ0) is 27.4. The molecule has 0 radical (unpaired) electrons. The van der Waals surface area contributed by atoms with E-state index in [0.717, 1.165) is 31.4 Å². The smallest absolute Gasteiger partial charge is 0.159 e. The van der Waals surface area contributed by atoms with Crippen LogP contribution in [-0.4, -0.2) is 69.9 Å². The number of nitrogens with one attached hydrogen (secondary N) is 1. The normalized spacial score (nSPS) is 20.7. The van der Waals surface area contributed by atoms with Crippen LogP contribution in [0, 0.1) is 5.82 Å². The fourth-order valence-electron chi connectivity index (χ4n) is 4.60. The molecule has 1 aromatic heterocycles. The predicted molar refractivity (Wildman–Crippen MR) is 147 cm³/mol. The lowest BCUT2D eigenvalue weighted by Crippen LogP contribution is -2.48. The van der Waals surface area contributed by atoms with Gasteiger partial charge < -0.3 is 15.3 Å². The third kappa shape index (κ3) is 6.18. The largest absolute Gasteiger partial charge is 0.507 e. The molecule has 0 saturated carbocycles. The lowest BCUT2D eigenvalue weighted by molar-refractivity contribution is 0.255. The predicted octanol–water partition coefficient (Wildman–Crippen LogP) is 4.79. The molecule has 1 saturated heterocycles. The lowest BCUT2D eigenvalue weighted by Gasteiger charge is -2.35. The first-order valence-electron chi connectivity index (χ1n) is 12.3. The Hall–Kier alpha value is -3.40. The monoisotopic (exact) mass is 540 g/mol. The molecule has 4 rings (SSSR count). The van der Waals surface area contributed by atoms with Crippen molar-refractivity contribution in [1.82, 2.24) is 25.1 Å². The number of hydrogen-bond acceptors (Lipinski definition) is 7. The molecule has 10 heteroatoms. The maximum absolute atomic E-state index is 16.3. The molecule has 0 amide bonds. The number of nitrogens with zero attached hydrogens (tertiary/aromatic N) is 5. The molecule has 1 atom stereocenters. The third-order valence-corrected chi connectivity index (χ3v) is 6.72. The van der Waals surface area contributed by atoms with Crippen LogP contribution in [0.2, 0.25) is 0 Å². The van der Waals surface area contributed by atoms with E-state index in [9.17, 15) is 9.50 Å². The number of phenolic OH excluding ortho intramolecular Hbond substituents is 1. The Morgan fingerprint density at radius 3 is 2.71 bits per heavy atom. The van der Waals surface area contributed by atoms with Gasteiger partial charge in [0.25, 0.3) is 0 Å². The van der Waals surface area contributed by atoms with Crippen LogP contribution in [-0.2, 0) is 6.54 Å². The van der Waals surface area contributed by atoms with Crippen LogP contribution in [0.3, 0.4) is 0 Å².